The molecule has 0 atom stereocenters. The van der Waals surface area contributed by atoms with Gasteiger partial charge < -0.3 is 5.73 Å². The molecule has 9 heterocycles. The highest BCUT2D eigenvalue weighted by molar-refractivity contribution is 6.21. The number of benzene rings is 6. The molecule has 0 radical (unpaired) electrons. The number of amidine groups is 6. The lowest BCUT2D eigenvalue weighted by molar-refractivity contribution is -0.790. The molecule has 15 rings (SSSR count). The van der Waals surface area contributed by atoms with Crippen LogP contribution in [0.25, 0.3) is 21.5 Å². The van der Waals surface area contributed by atoms with E-state index in [1.54, 1.807) is 24.3 Å². The lowest BCUT2D eigenvalue weighted by Gasteiger charge is -2.40. The van der Waals surface area contributed by atoms with Crippen LogP contribution in [0.5, 0.6) is 0 Å². The summed E-state index contributed by atoms with van der Waals surface area (Å²) in [5.41, 5.74) is 14.2. The van der Waals surface area contributed by atoms with E-state index in [9.17, 15) is 0 Å². The van der Waals surface area contributed by atoms with Gasteiger partial charge in [0.1, 0.15) is 18.0 Å². The van der Waals surface area contributed by atoms with Gasteiger partial charge in [-0.05, 0) is 60.7 Å². The molecule has 0 saturated heterocycles. The molecule has 75 heavy (non-hydrogen) atoms. The fraction of sp³-hybridized carbons (Fsp3) is 0.226. The summed E-state index contributed by atoms with van der Waals surface area (Å²) in [6.45, 7) is 24.0. The third-order valence-corrected chi connectivity index (χ3v) is 12.2. The Hall–Kier alpha value is -9.20. The summed E-state index contributed by atoms with van der Waals surface area (Å²) in [6.07, 6.45) is 0. The van der Waals surface area contributed by atoms with E-state index in [1.807, 2.05) is 119 Å². The van der Waals surface area contributed by atoms with Gasteiger partial charge in [-0.25, -0.2) is 4.99 Å². The standard InChI is InChI=1S/C33H16N8.C8H7N3.C8H4N2.6C2H6.CH4/c1-2-10-18-17(9-1)25-34-27-19-11-3-4-12-20(19)29-36-31-23-15-7-8-16-24(23)32-37-30-22-14-6-5-13-21(22)28-35-26(18)38(25)33(39(27)29,40(28)30)41(31)32;9-7-5-3-1-2-4-6(5)8(10)11-7;9-5-7-3-1-2-4-8(7)6-10;6*1-2;/h1-16H;1-4H,(H3,9,10,11);1-4H;6*1-2H3;1H4/q+2;;;;;;;;;. The quantitative estimate of drug-likeness (QED) is 0.144. The summed E-state index contributed by atoms with van der Waals surface area (Å²) in [5, 5.41) is 28.6. The van der Waals surface area contributed by atoms with Gasteiger partial charge in [0.05, 0.1) is 33.4 Å². The molecule has 13 nitrogen and oxygen atoms in total. The van der Waals surface area contributed by atoms with E-state index in [4.69, 9.17) is 41.6 Å². The van der Waals surface area contributed by atoms with Crippen LogP contribution in [0.4, 0.5) is 11.6 Å². The van der Waals surface area contributed by atoms with Crippen molar-refractivity contribution < 1.29 is 9.15 Å². The Morgan fingerprint density at radius 1 is 0.427 bits per heavy atom. The number of hydrogen-bond donors (Lipinski definition) is 2. The minimum Gasteiger partial charge on any atom is -0.383 e. The molecule has 0 fully saturated rings. The maximum atomic E-state index is 8.45. The van der Waals surface area contributed by atoms with Crippen LogP contribution in [0.1, 0.15) is 135 Å². The predicted octanol–water partition coefficient (Wildman–Crippen LogP) is 12.7. The molecule has 0 saturated carbocycles. The molecule has 378 valence electrons. The minimum atomic E-state index is -0.923. The summed E-state index contributed by atoms with van der Waals surface area (Å²) in [5.74, 6) is 5.17. The Labute approximate surface area is 440 Å². The van der Waals surface area contributed by atoms with Gasteiger partial charge >= 0.3 is 5.91 Å². The third kappa shape index (κ3) is 8.18. The molecular formula is C62H67N13+2. The van der Waals surface area contributed by atoms with Crippen molar-refractivity contribution >= 4 is 68.2 Å². The largest absolute Gasteiger partial charge is 0.404 e. The molecule has 6 aromatic carbocycles. The van der Waals surface area contributed by atoms with Crippen molar-refractivity contribution in [2.45, 2.75) is 96.4 Å². The van der Waals surface area contributed by atoms with Gasteiger partial charge in [-0.2, -0.15) is 19.7 Å². The van der Waals surface area contributed by atoms with Crippen LogP contribution in [-0.4, -0.2) is 53.3 Å². The van der Waals surface area contributed by atoms with Crippen LogP contribution in [0.15, 0.2) is 171 Å². The zero-order valence-corrected chi connectivity index (χ0v) is 44.4. The molecule has 7 aliphatic heterocycles. The topological polar surface area (TPSA) is 175 Å². The number of hydrogen-bond acceptors (Lipinski definition) is 8. The third-order valence-electron chi connectivity index (χ3n) is 12.2. The molecule has 2 aromatic heterocycles. The number of nitrogens with zero attached hydrogens (tertiary/aromatic N) is 11. The van der Waals surface area contributed by atoms with Crippen LogP contribution >= 0.6 is 0 Å². The number of rotatable bonds is 0. The van der Waals surface area contributed by atoms with Gasteiger partial charge in [0, 0.05) is 32.7 Å². The van der Waals surface area contributed by atoms with Crippen molar-refractivity contribution in [3.8, 4) is 12.1 Å². The normalized spacial score (nSPS) is 13.7. The fourth-order valence-corrected chi connectivity index (χ4v) is 9.71. The maximum absolute atomic E-state index is 8.45. The summed E-state index contributed by atoms with van der Waals surface area (Å²) >= 11 is 0. The number of nitrogens with one attached hydrogen (secondary N) is 1. The van der Waals surface area contributed by atoms with Crippen LogP contribution in [-0.2, 0) is 5.91 Å². The summed E-state index contributed by atoms with van der Waals surface area (Å²) in [4.78, 5) is 25.5. The zero-order chi connectivity index (χ0) is 53.4. The van der Waals surface area contributed by atoms with E-state index in [-0.39, 0.29) is 13.3 Å². The highest BCUT2D eigenvalue weighted by Gasteiger charge is 2.69. The summed E-state index contributed by atoms with van der Waals surface area (Å²) in [7, 11) is 0. The van der Waals surface area contributed by atoms with E-state index in [1.165, 1.54) is 0 Å². The monoisotopic (exact) mass is 994 g/mol. The molecule has 0 amide bonds. The smallest absolute Gasteiger partial charge is 0.383 e. The van der Waals surface area contributed by atoms with E-state index in [0.29, 0.717) is 17.0 Å². The number of fused-ring (bicyclic) bond motifs is 13. The average Bonchev–Trinajstić information content (AvgIpc) is 4.29. The summed E-state index contributed by atoms with van der Waals surface area (Å²) < 4.78 is 9.32. The molecule has 7 aliphatic rings. The number of aliphatic imine (C=N–C) groups is 3. The maximum Gasteiger partial charge on any atom is 0.404 e. The van der Waals surface area contributed by atoms with Gasteiger partial charge in [-0.1, -0.05) is 195 Å². The lowest BCUT2D eigenvalue weighted by atomic mass is 10.1. The molecule has 13 heteroatoms. The first kappa shape index (κ1) is 55.1. The number of nitriles is 2. The first-order chi connectivity index (χ1) is 36.5. The van der Waals surface area contributed by atoms with Gasteiger partial charge in [0.15, 0.2) is 5.84 Å². The van der Waals surface area contributed by atoms with Crippen molar-refractivity contribution in [1.29, 1.82) is 15.9 Å². The summed E-state index contributed by atoms with van der Waals surface area (Å²) in [6, 6.07) is 52.0. The first-order valence-corrected chi connectivity index (χ1v) is 25.9. The Bertz CT molecular complexity index is 3670. The molecule has 3 N–H and O–H groups in total. The Balaban J connectivity index is 0.000000223. The average molecular weight is 994 g/mol. The predicted molar refractivity (Wildman–Crippen MR) is 308 cm³/mol. The second-order valence-electron chi connectivity index (χ2n) is 15.3. The van der Waals surface area contributed by atoms with E-state index < -0.39 is 5.91 Å². The minimum absolute atomic E-state index is 0. The van der Waals surface area contributed by atoms with Gasteiger partial charge in [-0.3, -0.25) is 5.41 Å². The Kier molecular flexibility index (Phi) is 17.3. The molecule has 8 aromatic rings. The van der Waals surface area contributed by atoms with Crippen LogP contribution in [0.2, 0.25) is 0 Å². The Morgan fingerprint density at radius 2 is 0.760 bits per heavy atom. The lowest BCUT2D eigenvalue weighted by Crippen LogP contribution is -2.71. The van der Waals surface area contributed by atoms with Crippen LogP contribution in [0, 0.1) is 28.1 Å². The van der Waals surface area contributed by atoms with Crippen molar-refractivity contribution in [2.24, 2.45) is 30.7 Å². The van der Waals surface area contributed by atoms with E-state index >= 15 is 0 Å². The number of aromatic nitrogens is 2. The second-order valence-corrected chi connectivity index (χ2v) is 15.3. The van der Waals surface area contributed by atoms with Gasteiger partial charge in [0.25, 0.3) is 23.3 Å². The van der Waals surface area contributed by atoms with E-state index in [0.717, 1.165) is 101 Å². The van der Waals surface area contributed by atoms with Crippen LogP contribution < -0.4 is 16.7 Å². The molecule has 0 aliphatic carbocycles. The van der Waals surface area contributed by atoms with E-state index in [2.05, 4.69) is 120 Å². The van der Waals surface area contributed by atoms with Crippen molar-refractivity contribution in [1.82, 2.24) is 9.13 Å². The van der Waals surface area contributed by atoms with Gasteiger partial charge in [-0.15, -0.1) is 9.15 Å². The molecule has 0 bridgehead atoms. The second kappa shape index (κ2) is 23.6. The molecule has 0 unspecified atom stereocenters. The van der Waals surface area contributed by atoms with Crippen molar-refractivity contribution in [2.75, 3.05) is 0 Å². The molecular weight excluding hydrogens is 927 g/mol. The highest BCUT2D eigenvalue weighted by atomic mass is 15.7. The first-order valence-electron chi connectivity index (χ1n) is 25.9. The fourth-order valence-electron chi connectivity index (χ4n) is 9.71. The Morgan fingerprint density at radius 3 is 1.15 bits per heavy atom. The SMILES string of the molecule is C.CC.CC.CC.CC.CC.CC.N#Cc1ccccc1C#N.N=C1N=C(N)c2ccccc21.c1ccc2c(c1)C1=Nc3c4ccccc4c4n3C35n6c(c7ccccc7c6=NC6=[N+]3C(=N4)c3ccccc36)=NC2=[N+]15. The highest BCUT2D eigenvalue weighted by Crippen LogP contribution is 2.52. The van der Waals surface area contributed by atoms with Gasteiger partial charge in [0.2, 0.25) is 22.6 Å². The van der Waals surface area contributed by atoms with Crippen LogP contribution in [0.3, 0.4) is 0 Å². The van der Waals surface area contributed by atoms with Crippen molar-refractivity contribution in [3.63, 3.8) is 0 Å². The van der Waals surface area contributed by atoms with Crippen molar-refractivity contribution in [3.05, 3.63) is 201 Å². The number of nitrogens with two attached hydrogens (primary N) is 1. The zero-order valence-electron chi connectivity index (χ0n) is 44.4. The molecule has 1 spiro atoms.